The molecule has 0 radical (unpaired) electrons. The van der Waals surface area contributed by atoms with E-state index in [0.29, 0.717) is 5.69 Å². The molecule has 3 rings (SSSR count). The summed E-state index contributed by atoms with van der Waals surface area (Å²) >= 11 is 1.02. The molecule has 1 atom stereocenters. The van der Waals surface area contributed by atoms with Gasteiger partial charge < -0.3 is 10.1 Å². The Bertz CT molecular complexity index is 1030. The second-order valence-corrected chi connectivity index (χ2v) is 7.07. The lowest BCUT2D eigenvalue weighted by atomic mass is 10.00. The first-order chi connectivity index (χ1) is 13.0. The van der Waals surface area contributed by atoms with Crippen molar-refractivity contribution in [2.75, 3.05) is 6.61 Å². The molecule has 6 nitrogen and oxygen atoms in total. The first-order valence-corrected chi connectivity index (χ1v) is 9.41. The van der Waals surface area contributed by atoms with Gasteiger partial charge in [-0.1, -0.05) is 53.8 Å². The van der Waals surface area contributed by atoms with E-state index in [1.54, 1.807) is 12.3 Å². The molecule has 0 spiro atoms. The molecule has 0 unspecified atom stereocenters. The van der Waals surface area contributed by atoms with Gasteiger partial charge in [0.25, 0.3) is 5.91 Å². The van der Waals surface area contributed by atoms with Crippen LogP contribution in [0, 0.1) is 6.92 Å². The van der Waals surface area contributed by atoms with Crippen molar-refractivity contribution >= 4 is 34.0 Å². The highest BCUT2D eigenvalue weighted by molar-refractivity contribution is 7.07. The number of aryl methyl sites for hydroxylation is 1. The third kappa shape index (κ3) is 4.43. The van der Waals surface area contributed by atoms with E-state index in [4.69, 9.17) is 4.74 Å². The molecule has 0 aliphatic heterocycles. The van der Waals surface area contributed by atoms with Crippen LogP contribution < -0.4 is 10.2 Å². The normalized spacial score (nSPS) is 11.9. The third-order valence-corrected chi connectivity index (χ3v) is 5.18. The van der Waals surface area contributed by atoms with Gasteiger partial charge in [0.2, 0.25) is 0 Å². The predicted octanol–water partition coefficient (Wildman–Crippen LogP) is 2.79. The molecule has 1 heterocycles. The van der Waals surface area contributed by atoms with Crippen LogP contribution in [0.2, 0.25) is 0 Å². The monoisotopic (exact) mass is 384 g/mol. The van der Waals surface area contributed by atoms with Crippen LogP contribution in [0.4, 0.5) is 0 Å². The zero-order valence-electron chi connectivity index (χ0n) is 15.1. The quantitative estimate of drug-likeness (QED) is 0.663. The Balaban J connectivity index is 1.57. The summed E-state index contributed by atoms with van der Waals surface area (Å²) in [6.45, 7) is 3.05. The second kappa shape index (κ2) is 8.18. The Kier molecular flexibility index (Phi) is 5.71. The van der Waals surface area contributed by atoms with Gasteiger partial charge in [0.15, 0.2) is 6.61 Å². The number of hydrogen-bond acceptors (Lipinski definition) is 5. The van der Waals surface area contributed by atoms with E-state index in [1.807, 2.05) is 49.4 Å². The third-order valence-electron chi connectivity index (χ3n) is 4.30. The topological polar surface area (TPSA) is 77.4 Å². The number of hydrogen-bond donors (Lipinski definition) is 1. The van der Waals surface area contributed by atoms with Crippen molar-refractivity contribution in [3.63, 3.8) is 0 Å². The van der Waals surface area contributed by atoms with Crippen LogP contribution in [0.3, 0.4) is 0 Å². The molecule has 27 heavy (non-hydrogen) atoms. The average molecular weight is 384 g/mol. The molecule has 0 saturated heterocycles. The maximum atomic E-state index is 12.1. The van der Waals surface area contributed by atoms with Gasteiger partial charge in [-0.25, -0.2) is 0 Å². The van der Waals surface area contributed by atoms with E-state index >= 15 is 0 Å². The summed E-state index contributed by atoms with van der Waals surface area (Å²) in [6.07, 6.45) is 0. The smallest absolute Gasteiger partial charge is 0.326 e. The summed E-state index contributed by atoms with van der Waals surface area (Å²) in [5, 5.41) is 6.68. The lowest BCUT2D eigenvalue weighted by Crippen LogP contribution is -2.32. The number of ether oxygens (including phenoxy) is 1. The molecule has 3 aromatic rings. The predicted molar refractivity (Wildman–Crippen MR) is 105 cm³/mol. The first-order valence-electron chi connectivity index (χ1n) is 8.53. The number of thiazole rings is 1. The molecule has 2 aromatic carbocycles. The van der Waals surface area contributed by atoms with Gasteiger partial charge in [-0.3, -0.25) is 19.0 Å². The Morgan fingerprint density at radius 1 is 1.19 bits per heavy atom. The number of amides is 1. The van der Waals surface area contributed by atoms with Crippen molar-refractivity contribution in [1.82, 2.24) is 9.88 Å². The van der Waals surface area contributed by atoms with E-state index in [9.17, 15) is 14.4 Å². The largest absolute Gasteiger partial charge is 0.454 e. The van der Waals surface area contributed by atoms with Crippen LogP contribution in [0.15, 0.2) is 52.6 Å². The molecular weight excluding hydrogens is 364 g/mol. The van der Waals surface area contributed by atoms with Gasteiger partial charge in [-0.05, 0) is 30.2 Å². The first kappa shape index (κ1) is 18.8. The van der Waals surface area contributed by atoms with Crippen LogP contribution in [-0.4, -0.2) is 23.1 Å². The summed E-state index contributed by atoms with van der Waals surface area (Å²) in [5.74, 6) is -1.01. The van der Waals surface area contributed by atoms with E-state index < -0.39 is 11.9 Å². The average Bonchev–Trinajstić information content (AvgIpc) is 2.98. The minimum absolute atomic E-state index is 0.194. The van der Waals surface area contributed by atoms with Crippen LogP contribution in [0.5, 0.6) is 0 Å². The van der Waals surface area contributed by atoms with Gasteiger partial charge >= 0.3 is 10.8 Å². The summed E-state index contributed by atoms with van der Waals surface area (Å²) in [7, 11) is 0. The summed E-state index contributed by atoms with van der Waals surface area (Å²) in [6, 6.07) is 13.6. The van der Waals surface area contributed by atoms with E-state index in [1.165, 1.54) is 4.57 Å². The highest BCUT2D eigenvalue weighted by Crippen LogP contribution is 2.23. The summed E-state index contributed by atoms with van der Waals surface area (Å²) in [4.78, 5) is 35.4. The number of nitrogens with zero attached hydrogens (tertiary/aromatic N) is 1. The molecule has 140 valence electrons. The van der Waals surface area contributed by atoms with Gasteiger partial charge in [-0.2, -0.15) is 0 Å². The van der Waals surface area contributed by atoms with Gasteiger partial charge in [0.05, 0.1) is 6.04 Å². The zero-order valence-corrected chi connectivity index (χ0v) is 15.9. The van der Waals surface area contributed by atoms with Crippen molar-refractivity contribution in [1.29, 1.82) is 0 Å². The number of carbonyl (C=O) groups excluding carboxylic acids is 2. The molecule has 0 aliphatic rings. The number of nitrogens with one attached hydrogen (secondary N) is 1. The minimum atomic E-state index is -0.619. The number of esters is 1. The van der Waals surface area contributed by atoms with Crippen molar-refractivity contribution in [3.8, 4) is 0 Å². The second-order valence-electron chi connectivity index (χ2n) is 6.25. The number of fused-ring (bicyclic) bond motifs is 1. The van der Waals surface area contributed by atoms with Crippen molar-refractivity contribution in [2.45, 2.75) is 26.4 Å². The zero-order chi connectivity index (χ0) is 19.4. The van der Waals surface area contributed by atoms with Crippen LogP contribution >= 0.6 is 11.3 Å². The molecule has 0 bridgehead atoms. The maximum Gasteiger partial charge on any atom is 0.326 e. The van der Waals surface area contributed by atoms with Crippen molar-refractivity contribution < 1.29 is 14.3 Å². The minimum Gasteiger partial charge on any atom is -0.454 e. The van der Waals surface area contributed by atoms with E-state index in [2.05, 4.69) is 5.32 Å². The molecular formula is C20H20N2O4S. The number of benzene rings is 2. The van der Waals surface area contributed by atoms with Gasteiger partial charge in [0, 0.05) is 11.1 Å². The fourth-order valence-corrected chi connectivity index (χ4v) is 3.64. The lowest BCUT2D eigenvalue weighted by Gasteiger charge is -2.16. The highest BCUT2D eigenvalue weighted by Gasteiger charge is 2.15. The molecule has 7 heteroatoms. The van der Waals surface area contributed by atoms with Crippen molar-refractivity contribution in [3.05, 3.63) is 68.8 Å². The molecule has 1 amide bonds. The van der Waals surface area contributed by atoms with Crippen molar-refractivity contribution in [2.24, 2.45) is 0 Å². The lowest BCUT2D eigenvalue weighted by molar-refractivity contribution is -0.149. The number of carbonyl (C=O) groups is 2. The standard InChI is InChI=1S/C20H20N2O4S/c1-13-12-27-20(25)22(13)10-19(24)26-11-18(23)21-14(2)16-9-5-7-15-6-3-4-8-17(15)16/h3-9,12,14H,10-11H2,1-2H3,(H,21,23)/t14-/m1/s1. The van der Waals surface area contributed by atoms with Crippen LogP contribution in [-0.2, 0) is 20.9 Å². The van der Waals surface area contributed by atoms with Crippen LogP contribution in [0.25, 0.3) is 10.8 Å². The molecule has 1 N–H and O–H groups in total. The fourth-order valence-electron chi connectivity index (χ4n) is 2.91. The van der Waals surface area contributed by atoms with E-state index in [0.717, 1.165) is 27.7 Å². The Morgan fingerprint density at radius 3 is 2.67 bits per heavy atom. The number of rotatable bonds is 6. The summed E-state index contributed by atoms with van der Waals surface area (Å²) in [5.41, 5.74) is 1.68. The van der Waals surface area contributed by atoms with E-state index in [-0.39, 0.29) is 24.1 Å². The summed E-state index contributed by atoms with van der Waals surface area (Å²) < 4.78 is 6.33. The molecule has 0 aliphatic carbocycles. The SMILES string of the molecule is Cc1csc(=O)n1CC(=O)OCC(=O)N[C@H](C)c1cccc2ccccc12. The van der Waals surface area contributed by atoms with Gasteiger partial charge in [0.1, 0.15) is 6.54 Å². The molecule has 1 aromatic heterocycles. The Hall–Kier alpha value is -2.93. The van der Waals surface area contributed by atoms with Gasteiger partial charge in [-0.15, -0.1) is 0 Å². The maximum absolute atomic E-state index is 12.1. The highest BCUT2D eigenvalue weighted by atomic mass is 32.1. The Morgan fingerprint density at radius 2 is 1.93 bits per heavy atom. The number of aromatic nitrogens is 1. The molecule has 0 fully saturated rings. The fraction of sp³-hybridized carbons (Fsp3) is 0.250. The van der Waals surface area contributed by atoms with Crippen LogP contribution in [0.1, 0.15) is 24.2 Å². The Labute approximate surface area is 160 Å². The molecule has 0 saturated carbocycles.